The second kappa shape index (κ2) is 28.1. The molecule has 0 fully saturated rings. The number of rotatable bonds is 32. The monoisotopic (exact) mass is 1060 g/mol. The summed E-state index contributed by atoms with van der Waals surface area (Å²) in [4.78, 5) is 38.9. The third-order valence-corrected chi connectivity index (χ3v) is 13.9. The Morgan fingerprint density at radius 1 is 0.458 bits per heavy atom. The SMILES string of the molecule is CCCCCCCCOC(=O)c1ccc(-c2cc(C)c(C3=C(c4sc(-c5cc(C(=O)OCCOCCOCCOC)cc(C(=O)OCCOCCOCCOC)c5)cc4C)C(F)(F)C(F)(F)C3(F)F)s2)cc1. The van der Waals surface area contributed by atoms with E-state index in [9.17, 15) is 14.4 Å². The van der Waals surface area contributed by atoms with Gasteiger partial charge in [0.25, 0.3) is 0 Å². The second-order valence-electron chi connectivity index (χ2n) is 16.7. The molecule has 72 heavy (non-hydrogen) atoms. The van der Waals surface area contributed by atoms with Crippen LogP contribution in [-0.2, 0) is 42.6 Å². The molecule has 0 saturated carbocycles. The Hall–Kier alpha value is -4.67. The maximum atomic E-state index is 16.2. The fourth-order valence-electron chi connectivity index (χ4n) is 7.47. The lowest BCUT2D eigenvalue weighted by atomic mass is 10.00. The van der Waals surface area contributed by atoms with E-state index in [0.29, 0.717) is 66.0 Å². The van der Waals surface area contributed by atoms with E-state index in [-0.39, 0.29) is 97.7 Å². The largest absolute Gasteiger partial charge is 0.462 e. The molecule has 4 aromatic rings. The summed E-state index contributed by atoms with van der Waals surface area (Å²) in [5.74, 6) is -18.9. The summed E-state index contributed by atoms with van der Waals surface area (Å²) < 4.78 is 144. The van der Waals surface area contributed by atoms with Gasteiger partial charge < -0.3 is 42.6 Å². The molecule has 20 heteroatoms. The molecule has 1 aliphatic rings. The number of esters is 3. The topological polar surface area (TPSA) is 134 Å². The van der Waals surface area contributed by atoms with Crippen LogP contribution in [0.25, 0.3) is 32.0 Å². The van der Waals surface area contributed by atoms with E-state index in [4.69, 9.17) is 42.6 Å². The van der Waals surface area contributed by atoms with Crippen LogP contribution in [0.1, 0.15) is 97.4 Å². The third kappa shape index (κ3) is 15.0. The van der Waals surface area contributed by atoms with Crippen molar-refractivity contribution in [2.24, 2.45) is 0 Å². The summed E-state index contributed by atoms with van der Waals surface area (Å²) in [6.07, 6.45) is 6.06. The standard InChI is InChI=1S/C52H62F6O12S2/c1-6-7-8-9-10-11-16-68-47(59)37-14-12-36(13-15-37)41-29-34(2)45(71-41)43-44(51(55,56)52(57,58)50(43,53)54)46-35(3)30-42(72-46)38-31-39(48(60)69-27-25-66-23-21-64-19-17-62-4)33-40(32-38)49(61)70-28-26-67-24-22-65-20-18-63-5/h12-15,29-33H,6-11,16-28H2,1-5H3. The van der Waals surface area contributed by atoms with Gasteiger partial charge in [-0.3, -0.25) is 0 Å². The predicted octanol–water partition coefficient (Wildman–Crippen LogP) is 11.8. The Kier molecular flexibility index (Phi) is 22.7. The minimum absolute atomic E-state index is 0.00683. The van der Waals surface area contributed by atoms with Gasteiger partial charge in [0.05, 0.1) is 101 Å². The van der Waals surface area contributed by atoms with Crippen molar-refractivity contribution in [3.63, 3.8) is 0 Å². The fourth-order valence-corrected chi connectivity index (χ4v) is 9.98. The summed E-state index contributed by atoms with van der Waals surface area (Å²) in [6.45, 7) is 7.12. The number of thiophene rings is 2. The molecule has 0 unspecified atom stereocenters. The van der Waals surface area contributed by atoms with E-state index >= 15 is 26.3 Å². The van der Waals surface area contributed by atoms with Gasteiger partial charge in [-0.25, -0.2) is 14.4 Å². The van der Waals surface area contributed by atoms with E-state index in [2.05, 4.69) is 6.92 Å². The van der Waals surface area contributed by atoms with Gasteiger partial charge in [0, 0.05) is 33.7 Å². The van der Waals surface area contributed by atoms with Crippen molar-refractivity contribution in [2.75, 3.05) is 100 Å². The Labute approximate surface area is 423 Å². The van der Waals surface area contributed by atoms with Crippen molar-refractivity contribution in [3.05, 3.63) is 92.2 Å². The summed E-state index contributed by atoms with van der Waals surface area (Å²) in [5.41, 5.74) is -2.65. The molecule has 12 nitrogen and oxygen atoms in total. The average molecular weight is 1060 g/mol. The molecule has 2 aromatic carbocycles. The van der Waals surface area contributed by atoms with Crippen molar-refractivity contribution in [3.8, 4) is 20.9 Å². The van der Waals surface area contributed by atoms with E-state index in [0.717, 1.165) is 32.1 Å². The summed E-state index contributed by atoms with van der Waals surface area (Å²) in [5, 5.41) is 0. The highest BCUT2D eigenvalue weighted by molar-refractivity contribution is 7.18. The van der Waals surface area contributed by atoms with Gasteiger partial charge in [-0.05, 0) is 85.0 Å². The number of carbonyl (C=O) groups is 3. The summed E-state index contributed by atoms with van der Waals surface area (Å²) >= 11 is 1.16. The molecule has 5 rings (SSSR count). The highest BCUT2D eigenvalue weighted by atomic mass is 32.1. The Morgan fingerprint density at radius 3 is 1.31 bits per heavy atom. The van der Waals surface area contributed by atoms with Crippen molar-refractivity contribution >= 4 is 51.7 Å². The summed E-state index contributed by atoms with van der Waals surface area (Å²) in [7, 11) is 3.08. The van der Waals surface area contributed by atoms with E-state index in [1.165, 1.54) is 82.7 Å². The van der Waals surface area contributed by atoms with Crippen LogP contribution in [-0.4, -0.2) is 136 Å². The van der Waals surface area contributed by atoms with Gasteiger partial charge in [0.1, 0.15) is 13.2 Å². The highest BCUT2D eigenvalue weighted by Gasteiger charge is 2.80. The number of ether oxygens (including phenoxy) is 9. The minimum atomic E-state index is -5.84. The zero-order chi connectivity index (χ0) is 52.3. The molecule has 0 N–H and O–H groups in total. The van der Waals surface area contributed by atoms with Crippen molar-refractivity contribution in [1.82, 2.24) is 0 Å². The first-order valence-electron chi connectivity index (χ1n) is 23.7. The number of hydrogen-bond acceptors (Lipinski definition) is 14. The number of carbonyl (C=O) groups excluding carboxylic acids is 3. The van der Waals surface area contributed by atoms with Crippen molar-refractivity contribution < 1.29 is 83.4 Å². The highest BCUT2D eigenvalue weighted by Crippen LogP contribution is 2.66. The zero-order valence-electron chi connectivity index (χ0n) is 41.1. The molecule has 0 radical (unpaired) electrons. The number of methoxy groups -OCH3 is 2. The van der Waals surface area contributed by atoms with Crippen LogP contribution in [0.2, 0.25) is 0 Å². The maximum Gasteiger partial charge on any atom is 0.380 e. The molecule has 0 amide bonds. The van der Waals surface area contributed by atoms with Crippen LogP contribution in [0.15, 0.2) is 54.6 Å². The molecule has 1 aliphatic carbocycles. The van der Waals surface area contributed by atoms with Crippen molar-refractivity contribution in [2.45, 2.75) is 77.1 Å². The first-order chi connectivity index (χ1) is 34.5. The molecule has 2 aromatic heterocycles. The second-order valence-corrected chi connectivity index (χ2v) is 18.8. The van der Waals surface area contributed by atoms with Gasteiger partial charge in [0.2, 0.25) is 0 Å². The third-order valence-electron chi connectivity index (χ3n) is 11.3. The first-order valence-corrected chi connectivity index (χ1v) is 25.3. The number of halogens is 6. The molecular formula is C52H62F6O12S2. The number of hydrogen-bond donors (Lipinski definition) is 0. The van der Waals surface area contributed by atoms with Crippen LogP contribution in [0.5, 0.6) is 0 Å². The number of aryl methyl sites for hydroxylation is 2. The lowest BCUT2D eigenvalue weighted by Gasteiger charge is -2.25. The molecule has 0 atom stereocenters. The van der Waals surface area contributed by atoms with Gasteiger partial charge in [-0.2, -0.15) is 26.3 Å². The molecular weight excluding hydrogens is 995 g/mol. The number of unbranched alkanes of at least 4 members (excludes halogenated alkanes) is 5. The van der Waals surface area contributed by atoms with Gasteiger partial charge in [0.15, 0.2) is 0 Å². The van der Waals surface area contributed by atoms with Gasteiger partial charge in [-0.1, -0.05) is 51.2 Å². The molecule has 0 bridgehead atoms. The van der Waals surface area contributed by atoms with E-state index < -0.39 is 56.6 Å². The molecule has 0 aliphatic heterocycles. The normalized spacial score (nSPS) is 14.8. The number of alkyl halides is 6. The predicted molar refractivity (Wildman–Crippen MR) is 262 cm³/mol. The molecule has 0 spiro atoms. The molecule has 2 heterocycles. The van der Waals surface area contributed by atoms with E-state index in [1.54, 1.807) is 0 Å². The van der Waals surface area contributed by atoms with Gasteiger partial charge in [-0.15, -0.1) is 22.7 Å². The van der Waals surface area contributed by atoms with E-state index in [1.807, 2.05) is 0 Å². The Morgan fingerprint density at radius 2 is 0.847 bits per heavy atom. The first kappa shape index (κ1) is 58.2. The van der Waals surface area contributed by atoms with Crippen LogP contribution in [0.3, 0.4) is 0 Å². The zero-order valence-corrected chi connectivity index (χ0v) is 42.7. The Balaban J connectivity index is 1.43. The smallest absolute Gasteiger partial charge is 0.380 e. The van der Waals surface area contributed by atoms with Gasteiger partial charge >= 0.3 is 35.7 Å². The Bertz CT molecular complexity index is 2360. The maximum absolute atomic E-state index is 16.2. The quantitative estimate of drug-likeness (QED) is 0.0199. The minimum Gasteiger partial charge on any atom is -0.462 e. The number of benzene rings is 2. The molecule has 0 saturated heterocycles. The lowest BCUT2D eigenvalue weighted by molar-refractivity contribution is -0.254. The number of allylic oxidation sites excluding steroid dienone is 2. The van der Waals surface area contributed by atoms with Crippen molar-refractivity contribution in [1.29, 1.82) is 0 Å². The van der Waals surface area contributed by atoms with Crippen LogP contribution >= 0.6 is 22.7 Å². The molecule has 396 valence electrons. The van der Waals surface area contributed by atoms with Crippen LogP contribution < -0.4 is 0 Å². The lowest BCUT2D eigenvalue weighted by Crippen LogP contribution is -2.48. The average Bonchev–Trinajstić information content (AvgIpc) is 3.97. The van der Waals surface area contributed by atoms with Crippen LogP contribution in [0.4, 0.5) is 26.3 Å². The summed E-state index contributed by atoms with van der Waals surface area (Å²) in [6, 6.07) is 12.6. The van der Waals surface area contributed by atoms with Crippen LogP contribution in [0, 0.1) is 13.8 Å². The fraction of sp³-hybridized carbons (Fsp3) is 0.519.